The lowest BCUT2D eigenvalue weighted by atomic mass is 10.2. The van der Waals surface area contributed by atoms with Crippen molar-refractivity contribution in [3.8, 4) is 16.3 Å². The Bertz CT molecular complexity index is 1590. The number of benzene rings is 2. The van der Waals surface area contributed by atoms with E-state index in [0.717, 1.165) is 10.6 Å². The van der Waals surface area contributed by atoms with Crippen molar-refractivity contribution in [2.45, 2.75) is 11.4 Å². The van der Waals surface area contributed by atoms with Crippen LogP contribution in [0.3, 0.4) is 0 Å². The highest BCUT2D eigenvalue weighted by Crippen LogP contribution is 2.31. The molecule has 0 saturated heterocycles. The molecule has 0 fully saturated rings. The summed E-state index contributed by atoms with van der Waals surface area (Å²) in [6, 6.07) is 24.6. The second kappa shape index (κ2) is 10.2. The number of aromatic nitrogens is 2. The lowest BCUT2D eigenvalue weighted by Gasteiger charge is -2.10. The summed E-state index contributed by atoms with van der Waals surface area (Å²) in [7, 11) is -4.15. The summed E-state index contributed by atoms with van der Waals surface area (Å²) < 4.78 is 34.2. The summed E-state index contributed by atoms with van der Waals surface area (Å²) >= 11 is 1.48. The third kappa shape index (κ3) is 4.93. The number of para-hydroxylation sites is 1. The monoisotopic (exact) mass is 515 g/mol. The molecule has 0 atom stereocenters. The number of nitrogens with one attached hydrogen (secondary N) is 1. The van der Waals surface area contributed by atoms with E-state index in [9.17, 15) is 13.2 Å². The van der Waals surface area contributed by atoms with E-state index in [1.54, 1.807) is 41.2 Å². The molecule has 1 amide bonds. The molecule has 180 valence electrons. The van der Waals surface area contributed by atoms with E-state index in [2.05, 4.69) is 5.32 Å². The normalized spacial score (nSPS) is 11.9. The summed E-state index contributed by atoms with van der Waals surface area (Å²) in [5.74, 6) is -0.226. The van der Waals surface area contributed by atoms with Crippen LogP contribution in [-0.4, -0.2) is 24.1 Å². The van der Waals surface area contributed by atoms with E-state index in [-0.39, 0.29) is 16.3 Å². The Morgan fingerprint density at radius 1 is 0.972 bits per heavy atom. The number of furan rings is 1. The minimum absolute atomic E-state index is 0.0255. The molecule has 0 radical (unpaired) electrons. The summed E-state index contributed by atoms with van der Waals surface area (Å²) in [6.45, 7) is 0.0501. The molecule has 0 aliphatic heterocycles. The second-order valence-corrected chi connectivity index (χ2v) is 10.6. The van der Waals surface area contributed by atoms with Gasteiger partial charge in [-0.15, -0.1) is 11.3 Å². The Hall–Kier alpha value is -4.21. The van der Waals surface area contributed by atoms with Crippen molar-refractivity contribution in [2.75, 3.05) is 0 Å². The van der Waals surface area contributed by atoms with Gasteiger partial charge in [-0.2, -0.15) is 5.10 Å². The average molecular weight is 516 g/mol. The van der Waals surface area contributed by atoms with Crippen LogP contribution >= 0.6 is 11.3 Å². The van der Waals surface area contributed by atoms with Crippen molar-refractivity contribution in [3.63, 3.8) is 0 Å². The van der Waals surface area contributed by atoms with Crippen molar-refractivity contribution < 1.29 is 17.6 Å². The topological polar surface area (TPSA) is 94.2 Å². The van der Waals surface area contributed by atoms with Crippen LogP contribution in [0.5, 0.6) is 0 Å². The number of carbonyl (C=O) groups is 1. The van der Waals surface area contributed by atoms with Gasteiger partial charge < -0.3 is 9.73 Å². The molecule has 7 nitrogen and oxygen atoms in total. The predicted molar refractivity (Wildman–Crippen MR) is 139 cm³/mol. The van der Waals surface area contributed by atoms with Gasteiger partial charge in [-0.1, -0.05) is 42.5 Å². The molecule has 3 heterocycles. The maximum atomic E-state index is 13.6. The third-order valence-corrected chi connectivity index (χ3v) is 8.03. The second-order valence-electron chi connectivity index (χ2n) is 7.78. The minimum Gasteiger partial charge on any atom is -0.467 e. The molecular formula is C27H21N3O4S2. The lowest BCUT2D eigenvalue weighted by Crippen LogP contribution is -2.28. The van der Waals surface area contributed by atoms with Crippen molar-refractivity contribution in [1.82, 2.24) is 15.1 Å². The Labute approximate surface area is 212 Å². The van der Waals surface area contributed by atoms with Crippen LogP contribution in [-0.2, 0) is 21.2 Å². The van der Waals surface area contributed by atoms with E-state index in [0.29, 0.717) is 17.0 Å². The van der Waals surface area contributed by atoms with Gasteiger partial charge in [0.15, 0.2) is 0 Å². The highest BCUT2D eigenvalue weighted by molar-refractivity contribution is 7.96. The Morgan fingerprint density at radius 3 is 2.39 bits per heavy atom. The molecule has 2 aromatic carbocycles. The van der Waals surface area contributed by atoms with Gasteiger partial charge in [-0.3, -0.25) is 4.79 Å². The van der Waals surface area contributed by atoms with Gasteiger partial charge in [-0.25, -0.2) is 13.1 Å². The van der Waals surface area contributed by atoms with Gasteiger partial charge in [-0.05, 0) is 53.9 Å². The van der Waals surface area contributed by atoms with E-state index in [1.165, 1.54) is 35.8 Å². The van der Waals surface area contributed by atoms with Crippen molar-refractivity contribution in [1.29, 1.82) is 0 Å². The van der Waals surface area contributed by atoms with Gasteiger partial charge in [0.2, 0.25) is 9.84 Å². The summed E-state index contributed by atoms with van der Waals surface area (Å²) in [5.41, 5.74) is 1.89. The smallest absolute Gasteiger partial charge is 0.263 e. The van der Waals surface area contributed by atoms with Crippen LogP contribution < -0.4 is 5.32 Å². The number of rotatable bonds is 8. The maximum absolute atomic E-state index is 13.6. The average Bonchev–Trinajstić information content (AvgIpc) is 3.69. The molecule has 5 rings (SSSR count). The Morgan fingerprint density at radius 2 is 1.72 bits per heavy atom. The number of sulfone groups is 1. The van der Waals surface area contributed by atoms with Crippen molar-refractivity contribution in [2.24, 2.45) is 0 Å². The standard InChI is InChI=1S/C27H21N3O4S2/c31-27(28-18-22-11-7-15-34-22)25(36(32,33)23-12-5-2-6-13-23)17-20-19-30(21-9-3-1-4-10-21)29-26(20)24-14-8-16-35-24/h1-17,19H,18H2,(H,28,31). The van der Waals surface area contributed by atoms with E-state index >= 15 is 0 Å². The summed E-state index contributed by atoms with van der Waals surface area (Å²) in [5, 5.41) is 9.31. The zero-order valence-electron chi connectivity index (χ0n) is 18.9. The third-order valence-electron chi connectivity index (χ3n) is 5.37. The fraction of sp³-hybridized carbons (Fsp3) is 0.0370. The fourth-order valence-electron chi connectivity index (χ4n) is 3.61. The van der Waals surface area contributed by atoms with Gasteiger partial charge in [0.25, 0.3) is 5.91 Å². The Balaban J connectivity index is 1.63. The molecule has 0 aliphatic carbocycles. The molecule has 36 heavy (non-hydrogen) atoms. The van der Waals surface area contributed by atoms with Gasteiger partial charge in [0, 0.05) is 11.8 Å². The molecule has 1 N–H and O–H groups in total. The Kier molecular flexibility index (Phi) is 6.66. The van der Waals surface area contributed by atoms with E-state index < -0.39 is 15.7 Å². The first-order chi connectivity index (χ1) is 17.5. The first-order valence-electron chi connectivity index (χ1n) is 11.0. The predicted octanol–water partition coefficient (Wildman–Crippen LogP) is 5.33. The molecular weight excluding hydrogens is 494 g/mol. The number of amides is 1. The van der Waals surface area contributed by atoms with Gasteiger partial charge in [0.1, 0.15) is 16.4 Å². The first kappa shape index (κ1) is 23.5. The molecule has 0 unspecified atom stereocenters. The van der Waals surface area contributed by atoms with Crippen LogP contribution in [0.4, 0.5) is 0 Å². The molecule has 3 aromatic heterocycles. The van der Waals surface area contributed by atoms with Crippen molar-refractivity contribution in [3.05, 3.63) is 119 Å². The first-order valence-corrected chi connectivity index (χ1v) is 13.4. The zero-order valence-corrected chi connectivity index (χ0v) is 20.6. The number of nitrogens with zero attached hydrogens (tertiary/aromatic N) is 2. The highest BCUT2D eigenvalue weighted by Gasteiger charge is 2.28. The maximum Gasteiger partial charge on any atom is 0.263 e. The number of carbonyl (C=O) groups excluding carboxylic acids is 1. The molecule has 0 bridgehead atoms. The number of hydrogen-bond donors (Lipinski definition) is 1. The zero-order chi connectivity index (χ0) is 25.0. The van der Waals surface area contributed by atoms with E-state index in [4.69, 9.17) is 9.52 Å². The molecule has 0 aliphatic rings. The van der Waals surface area contributed by atoms with Crippen LogP contribution in [0.15, 0.2) is 117 Å². The lowest BCUT2D eigenvalue weighted by molar-refractivity contribution is -0.117. The largest absolute Gasteiger partial charge is 0.467 e. The summed E-state index contributed by atoms with van der Waals surface area (Å²) in [6.07, 6.45) is 4.61. The quantitative estimate of drug-likeness (QED) is 0.282. The number of hydrogen-bond acceptors (Lipinski definition) is 6. The van der Waals surface area contributed by atoms with Gasteiger partial charge >= 0.3 is 0 Å². The summed E-state index contributed by atoms with van der Waals surface area (Å²) in [4.78, 5) is 13.8. The SMILES string of the molecule is O=C(NCc1ccco1)C(=Cc1cn(-c2ccccc2)nc1-c1cccs1)S(=O)(=O)c1ccccc1. The van der Waals surface area contributed by atoms with Crippen LogP contribution in [0.2, 0.25) is 0 Å². The number of thiophene rings is 1. The molecule has 0 saturated carbocycles. The van der Waals surface area contributed by atoms with Crippen LogP contribution in [0.1, 0.15) is 11.3 Å². The fourth-order valence-corrected chi connectivity index (χ4v) is 5.71. The van der Waals surface area contributed by atoms with Crippen LogP contribution in [0, 0.1) is 0 Å². The van der Waals surface area contributed by atoms with Gasteiger partial charge in [0.05, 0.1) is 28.3 Å². The minimum atomic E-state index is -4.15. The molecule has 5 aromatic rings. The molecule has 0 spiro atoms. The van der Waals surface area contributed by atoms with Crippen molar-refractivity contribution >= 4 is 33.2 Å². The van der Waals surface area contributed by atoms with E-state index in [1.807, 2.05) is 47.8 Å². The van der Waals surface area contributed by atoms with Crippen LogP contribution in [0.25, 0.3) is 22.3 Å². The molecule has 9 heteroatoms. The highest BCUT2D eigenvalue weighted by atomic mass is 32.2.